The third-order valence-corrected chi connectivity index (χ3v) is 4.30. The number of hydrogen-bond donors (Lipinski definition) is 1. The summed E-state index contributed by atoms with van der Waals surface area (Å²) in [6, 6.07) is 23.1. The fraction of sp³-hybridized carbons (Fsp3) is 0.136. The molecule has 1 N–H and O–H groups in total. The van der Waals surface area contributed by atoms with E-state index in [1.807, 2.05) is 55.5 Å². The summed E-state index contributed by atoms with van der Waals surface area (Å²) in [7, 11) is 0. The first-order chi connectivity index (χ1) is 12.7. The normalized spacial score (nSPS) is 12.2. The fourth-order valence-electron chi connectivity index (χ4n) is 3.13. The molecule has 130 valence electrons. The predicted octanol–water partition coefficient (Wildman–Crippen LogP) is 5.31. The first-order valence-corrected chi connectivity index (χ1v) is 8.62. The highest BCUT2D eigenvalue weighted by molar-refractivity contribution is 6.04. The summed E-state index contributed by atoms with van der Waals surface area (Å²) >= 11 is 0. The van der Waals surface area contributed by atoms with Crippen LogP contribution in [0, 0.1) is 0 Å². The zero-order valence-electron chi connectivity index (χ0n) is 14.4. The van der Waals surface area contributed by atoms with Crippen molar-refractivity contribution < 1.29 is 13.9 Å². The van der Waals surface area contributed by atoms with E-state index in [9.17, 15) is 4.79 Å². The fourth-order valence-corrected chi connectivity index (χ4v) is 3.13. The lowest BCUT2D eigenvalue weighted by Crippen LogP contribution is -2.36. The van der Waals surface area contributed by atoms with E-state index in [2.05, 4.69) is 17.4 Å². The smallest absolute Gasteiger partial charge is 0.412 e. The predicted molar refractivity (Wildman–Crippen MR) is 102 cm³/mol. The van der Waals surface area contributed by atoms with Crippen LogP contribution in [0.15, 0.2) is 77.2 Å². The maximum Gasteiger partial charge on any atom is 0.412 e. The first-order valence-electron chi connectivity index (χ1n) is 8.62. The number of fused-ring (bicyclic) bond motifs is 3. The number of amides is 1. The van der Waals surface area contributed by atoms with Crippen molar-refractivity contribution in [1.29, 1.82) is 0 Å². The number of carbonyl (C=O) groups is 1. The topological polar surface area (TPSA) is 51.5 Å². The SMILES string of the molecule is CC(Cc1ccc2oc3ccccc3c2c1)NC(=O)Oc1ccccc1. The second-order valence-corrected chi connectivity index (χ2v) is 6.38. The molecule has 4 heteroatoms. The third-order valence-electron chi connectivity index (χ3n) is 4.30. The van der Waals surface area contributed by atoms with Gasteiger partial charge in [-0.15, -0.1) is 0 Å². The number of hydrogen-bond acceptors (Lipinski definition) is 3. The number of furan rings is 1. The summed E-state index contributed by atoms with van der Waals surface area (Å²) in [6.45, 7) is 1.96. The summed E-state index contributed by atoms with van der Waals surface area (Å²) in [5.74, 6) is 0.531. The number of ether oxygens (including phenoxy) is 1. The van der Waals surface area contributed by atoms with Crippen molar-refractivity contribution in [2.75, 3.05) is 0 Å². The molecule has 1 heterocycles. The van der Waals surface area contributed by atoms with Crippen molar-refractivity contribution >= 4 is 28.0 Å². The van der Waals surface area contributed by atoms with Gasteiger partial charge >= 0.3 is 6.09 Å². The Bertz CT molecular complexity index is 1050. The molecule has 26 heavy (non-hydrogen) atoms. The van der Waals surface area contributed by atoms with Crippen LogP contribution in [0.4, 0.5) is 4.79 Å². The first kappa shape index (κ1) is 16.2. The van der Waals surface area contributed by atoms with Gasteiger partial charge in [0, 0.05) is 16.8 Å². The van der Waals surface area contributed by atoms with Gasteiger partial charge in [-0.2, -0.15) is 0 Å². The highest BCUT2D eigenvalue weighted by atomic mass is 16.6. The van der Waals surface area contributed by atoms with Crippen molar-refractivity contribution in [3.8, 4) is 5.75 Å². The minimum absolute atomic E-state index is 0.0539. The van der Waals surface area contributed by atoms with Crippen molar-refractivity contribution in [3.63, 3.8) is 0 Å². The van der Waals surface area contributed by atoms with E-state index in [1.165, 1.54) is 0 Å². The van der Waals surface area contributed by atoms with Crippen LogP contribution in [-0.2, 0) is 6.42 Å². The lowest BCUT2D eigenvalue weighted by molar-refractivity contribution is 0.197. The van der Waals surface area contributed by atoms with Gasteiger partial charge in [-0.1, -0.05) is 42.5 Å². The van der Waals surface area contributed by atoms with Crippen LogP contribution in [0.25, 0.3) is 21.9 Å². The number of benzene rings is 3. The van der Waals surface area contributed by atoms with Crippen LogP contribution in [-0.4, -0.2) is 12.1 Å². The van der Waals surface area contributed by atoms with Gasteiger partial charge in [0.15, 0.2) is 0 Å². The molecule has 1 aromatic heterocycles. The Labute approximate surface area is 151 Å². The summed E-state index contributed by atoms with van der Waals surface area (Å²) in [5, 5.41) is 5.07. The molecule has 4 aromatic rings. The number of nitrogens with one attached hydrogen (secondary N) is 1. The molecular weight excluding hydrogens is 326 g/mol. The molecule has 0 fully saturated rings. The van der Waals surface area contributed by atoms with Gasteiger partial charge in [0.1, 0.15) is 16.9 Å². The maximum absolute atomic E-state index is 12.0. The van der Waals surface area contributed by atoms with Crippen molar-refractivity contribution in [2.45, 2.75) is 19.4 Å². The number of rotatable bonds is 4. The Morgan fingerprint density at radius 2 is 1.69 bits per heavy atom. The van der Waals surface area contributed by atoms with E-state index in [0.29, 0.717) is 12.2 Å². The molecule has 0 aliphatic carbocycles. The van der Waals surface area contributed by atoms with Crippen LogP contribution in [0.3, 0.4) is 0 Å². The van der Waals surface area contributed by atoms with E-state index in [4.69, 9.17) is 9.15 Å². The molecule has 1 amide bonds. The Morgan fingerprint density at radius 1 is 0.962 bits per heavy atom. The molecule has 0 saturated carbocycles. The second-order valence-electron chi connectivity index (χ2n) is 6.38. The van der Waals surface area contributed by atoms with Gasteiger partial charge < -0.3 is 14.5 Å². The van der Waals surface area contributed by atoms with Gasteiger partial charge in [0.25, 0.3) is 0 Å². The molecule has 0 aliphatic heterocycles. The second kappa shape index (κ2) is 6.92. The van der Waals surface area contributed by atoms with Crippen molar-refractivity contribution in [1.82, 2.24) is 5.32 Å². The lowest BCUT2D eigenvalue weighted by atomic mass is 10.0. The minimum Gasteiger partial charge on any atom is -0.456 e. The average molecular weight is 345 g/mol. The molecule has 4 rings (SSSR count). The van der Waals surface area contributed by atoms with E-state index < -0.39 is 6.09 Å². The number of para-hydroxylation sites is 2. The van der Waals surface area contributed by atoms with Crippen LogP contribution >= 0.6 is 0 Å². The van der Waals surface area contributed by atoms with Crippen LogP contribution < -0.4 is 10.1 Å². The quantitative estimate of drug-likeness (QED) is 0.545. The standard InChI is InChI=1S/C22H19NO3/c1-15(23-22(24)25-17-7-3-2-4-8-17)13-16-11-12-21-19(14-16)18-9-5-6-10-20(18)26-21/h2-12,14-15H,13H2,1H3,(H,23,24). The van der Waals surface area contributed by atoms with Crippen molar-refractivity contribution in [2.24, 2.45) is 0 Å². The molecule has 0 radical (unpaired) electrons. The van der Waals surface area contributed by atoms with Crippen LogP contribution in [0.1, 0.15) is 12.5 Å². The van der Waals surface area contributed by atoms with Gasteiger partial charge in [-0.25, -0.2) is 4.79 Å². The van der Waals surface area contributed by atoms with Crippen LogP contribution in [0.2, 0.25) is 0 Å². The zero-order valence-corrected chi connectivity index (χ0v) is 14.4. The van der Waals surface area contributed by atoms with E-state index in [-0.39, 0.29) is 6.04 Å². The Kier molecular flexibility index (Phi) is 4.32. The number of carbonyl (C=O) groups excluding carboxylic acids is 1. The van der Waals surface area contributed by atoms with Gasteiger partial charge in [0.2, 0.25) is 0 Å². The third kappa shape index (κ3) is 3.40. The summed E-state index contributed by atoms with van der Waals surface area (Å²) in [6.07, 6.45) is 0.262. The Hall–Kier alpha value is -3.27. The average Bonchev–Trinajstić information content (AvgIpc) is 3.00. The highest BCUT2D eigenvalue weighted by Crippen LogP contribution is 2.29. The lowest BCUT2D eigenvalue weighted by Gasteiger charge is -2.14. The zero-order chi connectivity index (χ0) is 17.9. The molecule has 0 aliphatic rings. The Morgan fingerprint density at radius 3 is 2.54 bits per heavy atom. The summed E-state index contributed by atoms with van der Waals surface area (Å²) < 4.78 is 11.1. The van der Waals surface area contributed by atoms with Crippen LogP contribution in [0.5, 0.6) is 5.75 Å². The molecule has 0 bridgehead atoms. The van der Waals surface area contributed by atoms with Gasteiger partial charge in [-0.05, 0) is 49.2 Å². The van der Waals surface area contributed by atoms with Gasteiger partial charge in [0.05, 0.1) is 0 Å². The molecule has 4 nitrogen and oxygen atoms in total. The van der Waals surface area contributed by atoms with E-state index in [1.54, 1.807) is 12.1 Å². The molecule has 1 atom stereocenters. The van der Waals surface area contributed by atoms with Crippen molar-refractivity contribution in [3.05, 3.63) is 78.4 Å². The molecule has 0 saturated heterocycles. The summed E-state index contributed by atoms with van der Waals surface area (Å²) in [4.78, 5) is 12.0. The Balaban J connectivity index is 1.46. The highest BCUT2D eigenvalue weighted by Gasteiger charge is 2.12. The van der Waals surface area contributed by atoms with E-state index >= 15 is 0 Å². The minimum atomic E-state index is -0.446. The maximum atomic E-state index is 12.0. The molecule has 0 spiro atoms. The van der Waals surface area contributed by atoms with E-state index in [0.717, 1.165) is 27.5 Å². The largest absolute Gasteiger partial charge is 0.456 e. The molecular formula is C22H19NO3. The molecule has 3 aromatic carbocycles. The summed E-state index contributed by atoms with van der Waals surface area (Å²) in [5.41, 5.74) is 2.90. The monoisotopic (exact) mass is 345 g/mol. The molecule has 1 unspecified atom stereocenters. The van der Waals surface area contributed by atoms with Gasteiger partial charge in [-0.3, -0.25) is 0 Å².